The second kappa shape index (κ2) is 7.64. The number of carbonyl (C=O) groups is 2. The summed E-state index contributed by atoms with van der Waals surface area (Å²) in [5.74, 6) is -1.31. The Morgan fingerprint density at radius 3 is 2.31 bits per heavy atom. The smallest absolute Gasteiger partial charge is 0.407 e. The number of nitrogens with two attached hydrogens (primary N) is 1. The van der Waals surface area contributed by atoms with Crippen LogP contribution in [0.2, 0.25) is 5.02 Å². The largest absolute Gasteiger partial charge is 0.465 e. The summed E-state index contributed by atoms with van der Waals surface area (Å²) in [4.78, 5) is 26.9. The summed E-state index contributed by atoms with van der Waals surface area (Å²) in [5.41, 5.74) is 10.6. The number of halogens is 2. The summed E-state index contributed by atoms with van der Waals surface area (Å²) in [6, 6.07) is 15.9. The van der Waals surface area contributed by atoms with E-state index in [-0.39, 0.29) is 41.6 Å². The molecule has 3 aromatic rings. The maximum Gasteiger partial charge on any atom is 0.407 e. The third-order valence-corrected chi connectivity index (χ3v) is 6.94. The molecule has 3 N–H and O–H groups in total. The maximum atomic E-state index is 14.0. The van der Waals surface area contributed by atoms with Gasteiger partial charge in [0, 0.05) is 23.7 Å². The van der Waals surface area contributed by atoms with Gasteiger partial charge in [0.15, 0.2) is 5.78 Å². The Kier molecular flexibility index (Phi) is 4.90. The van der Waals surface area contributed by atoms with Crippen molar-refractivity contribution in [1.29, 1.82) is 0 Å². The fraction of sp³-hybridized carbons (Fsp3) is 0.200. The van der Waals surface area contributed by atoms with Crippen molar-refractivity contribution >= 4 is 29.2 Å². The Morgan fingerprint density at radius 1 is 1.12 bits per heavy atom. The number of fused-ring (bicyclic) bond motifs is 4. The van der Waals surface area contributed by atoms with Crippen molar-refractivity contribution in [2.75, 3.05) is 12.3 Å². The molecule has 162 valence electrons. The molecule has 5 nitrogen and oxygen atoms in total. The van der Waals surface area contributed by atoms with E-state index in [9.17, 15) is 19.1 Å². The molecule has 0 saturated carbocycles. The van der Waals surface area contributed by atoms with Crippen molar-refractivity contribution in [3.8, 4) is 11.1 Å². The molecule has 7 heteroatoms. The molecule has 1 unspecified atom stereocenters. The number of ketones is 1. The highest BCUT2D eigenvalue weighted by Crippen LogP contribution is 2.45. The fourth-order valence-corrected chi connectivity index (χ4v) is 5.34. The normalized spacial score (nSPS) is 16.9. The van der Waals surface area contributed by atoms with E-state index >= 15 is 0 Å². The van der Waals surface area contributed by atoms with Gasteiger partial charge in [-0.25, -0.2) is 9.18 Å². The van der Waals surface area contributed by atoms with E-state index in [0.717, 1.165) is 28.3 Å². The lowest BCUT2D eigenvalue weighted by atomic mass is 9.84. The van der Waals surface area contributed by atoms with Crippen LogP contribution in [0.3, 0.4) is 0 Å². The van der Waals surface area contributed by atoms with Crippen LogP contribution in [-0.4, -0.2) is 34.5 Å². The zero-order valence-electron chi connectivity index (χ0n) is 17.0. The minimum absolute atomic E-state index is 0.0153. The summed E-state index contributed by atoms with van der Waals surface area (Å²) < 4.78 is 14.0. The number of hydrogen-bond donors (Lipinski definition) is 2. The number of benzene rings is 3. The molecule has 0 spiro atoms. The number of anilines is 1. The summed E-state index contributed by atoms with van der Waals surface area (Å²) in [6.45, 7) is 0.129. The Balaban J connectivity index is 1.53. The average molecular weight is 451 g/mol. The zero-order chi connectivity index (χ0) is 22.6. The number of nitrogen functional groups attached to an aromatic ring is 1. The minimum Gasteiger partial charge on any atom is -0.465 e. The minimum atomic E-state index is -1.18. The van der Waals surface area contributed by atoms with Crippen molar-refractivity contribution in [1.82, 2.24) is 4.90 Å². The Morgan fingerprint density at radius 2 is 1.72 bits per heavy atom. The quantitative estimate of drug-likeness (QED) is 0.527. The third-order valence-electron chi connectivity index (χ3n) is 6.53. The van der Waals surface area contributed by atoms with Gasteiger partial charge in [-0.15, -0.1) is 0 Å². The number of hydrogen-bond acceptors (Lipinski definition) is 3. The molecule has 1 atom stereocenters. The fourth-order valence-electron chi connectivity index (χ4n) is 5.09. The van der Waals surface area contributed by atoms with E-state index in [1.165, 1.54) is 4.90 Å². The first-order valence-electron chi connectivity index (χ1n) is 10.4. The van der Waals surface area contributed by atoms with Crippen LogP contribution in [0.1, 0.15) is 39.4 Å². The third kappa shape index (κ3) is 3.06. The standard InChI is InChI=1S/C25H20ClFN2O3/c26-23-17-9-10-21(24(30)22(17)20(28)11-19(23)27)29(25(31)32)12-18-15-7-3-1-5-13(15)14-6-2-4-8-16(14)18/h1-8,11,18,21H,9-10,12,28H2,(H,31,32). The molecule has 5 rings (SSSR count). The van der Waals surface area contributed by atoms with Gasteiger partial charge in [-0.2, -0.15) is 0 Å². The first-order chi connectivity index (χ1) is 15.4. The molecule has 3 aromatic carbocycles. The Hall–Kier alpha value is -3.38. The van der Waals surface area contributed by atoms with Gasteiger partial charge in [0.25, 0.3) is 0 Å². The second-order valence-electron chi connectivity index (χ2n) is 8.20. The molecule has 0 fully saturated rings. The van der Waals surface area contributed by atoms with Gasteiger partial charge in [-0.1, -0.05) is 60.1 Å². The van der Waals surface area contributed by atoms with E-state index in [4.69, 9.17) is 17.3 Å². The van der Waals surface area contributed by atoms with Crippen molar-refractivity contribution in [2.24, 2.45) is 0 Å². The lowest BCUT2D eigenvalue weighted by molar-refractivity contribution is 0.0753. The Bertz CT molecular complexity index is 1230. The van der Waals surface area contributed by atoms with E-state index in [0.29, 0.717) is 5.56 Å². The van der Waals surface area contributed by atoms with Crippen molar-refractivity contribution in [3.05, 3.63) is 87.7 Å². The average Bonchev–Trinajstić information content (AvgIpc) is 3.09. The molecule has 0 heterocycles. The predicted molar refractivity (Wildman–Crippen MR) is 121 cm³/mol. The number of nitrogens with zero attached hydrogens (tertiary/aromatic N) is 1. The molecule has 0 bridgehead atoms. The van der Waals surface area contributed by atoms with Gasteiger partial charge in [-0.05, 0) is 46.7 Å². The maximum absolute atomic E-state index is 14.0. The van der Waals surface area contributed by atoms with Crippen LogP contribution in [0.15, 0.2) is 54.6 Å². The van der Waals surface area contributed by atoms with Crippen LogP contribution >= 0.6 is 11.6 Å². The van der Waals surface area contributed by atoms with Crippen molar-refractivity contribution in [3.63, 3.8) is 0 Å². The molecule has 0 aliphatic heterocycles. The molecule has 0 aromatic heterocycles. The monoisotopic (exact) mass is 450 g/mol. The molecule has 0 saturated heterocycles. The molecule has 2 aliphatic carbocycles. The van der Waals surface area contributed by atoms with Gasteiger partial charge in [0.1, 0.15) is 5.82 Å². The van der Waals surface area contributed by atoms with Crippen molar-refractivity contribution in [2.45, 2.75) is 24.8 Å². The highest BCUT2D eigenvalue weighted by molar-refractivity contribution is 6.32. The van der Waals surface area contributed by atoms with Crippen LogP contribution in [0, 0.1) is 5.82 Å². The highest BCUT2D eigenvalue weighted by Gasteiger charge is 2.40. The highest BCUT2D eigenvalue weighted by atomic mass is 35.5. The van der Waals surface area contributed by atoms with Crippen LogP contribution in [-0.2, 0) is 6.42 Å². The summed E-state index contributed by atoms with van der Waals surface area (Å²) in [7, 11) is 0. The van der Waals surface area contributed by atoms with Gasteiger partial charge in [-0.3, -0.25) is 9.69 Å². The summed E-state index contributed by atoms with van der Waals surface area (Å²) >= 11 is 6.08. The van der Waals surface area contributed by atoms with Gasteiger partial charge in [0.2, 0.25) is 0 Å². The van der Waals surface area contributed by atoms with Crippen LogP contribution in [0.5, 0.6) is 0 Å². The molecule has 1 amide bonds. The van der Waals surface area contributed by atoms with E-state index in [2.05, 4.69) is 0 Å². The second-order valence-corrected chi connectivity index (χ2v) is 8.57. The van der Waals surface area contributed by atoms with Crippen LogP contribution in [0.4, 0.5) is 14.9 Å². The SMILES string of the molecule is Nc1cc(F)c(Cl)c2c1C(=O)C(N(CC1c3ccccc3-c3ccccc31)C(=O)O)CC2. The molecule has 2 aliphatic rings. The van der Waals surface area contributed by atoms with Gasteiger partial charge < -0.3 is 10.8 Å². The molecular weight excluding hydrogens is 431 g/mol. The molecule has 0 radical (unpaired) electrons. The number of carboxylic acid groups (broad SMARTS) is 1. The van der Waals surface area contributed by atoms with E-state index in [1.807, 2.05) is 48.5 Å². The van der Waals surface area contributed by atoms with Gasteiger partial charge >= 0.3 is 6.09 Å². The van der Waals surface area contributed by atoms with E-state index < -0.39 is 23.7 Å². The first-order valence-corrected chi connectivity index (χ1v) is 10.7. The number of carbonyl (C=O) groups excluding carboxylic acids is 1. The van der Waals surface area contributed by atoms with Crippen LogP contribution < -0.4 is 5.73 Å². The zero-order valence-corrected chi connectivity index (χ0v) is 17.8. The van der Waals surface area contributed by atoms with E-state index in [1.54, 1.807) is 0 Å². The van der Waals surface area contributed by atoms with Gasteiger partial charge in [0.05, 0.1) is 11.1 Å². The number of Topliss-reactive ketones (excluding diaryl/α,β-unsaturated/α-hetero) is 1. The van der Waals surface area contributed by atoms with Crippen LogP contribution in [0.25, 0.3) is 11.1 Å². The molecular formula is C25H20ClFN2O3. The number of amides is 1. The Labute approximate surface area is 189 Å². The van der Waals surface area contributed by atoms with Crippen molar-refractivity contribution < 1.29 is 19.1 Å². The predicted octanol–water partition coefficient (Wildman–Crippen LogP) is 5.35. The topological polar surface area (TPSA) is 83.6 Å². The molecule has 32 heavy (non-hydrogen) atoms. The summed E-state index contributed by atoms with van der Waals surface area (Å²) in [6.07, 6.45) is -0.689. The first kappa shape index (κ1) is 20.5. The lowest BCUT2D eigenvalue weighted by Crippen LogP contribution is -2.48. The lowest BCUT2D eigenvalue weighted by Gasteiger charge is -2.34. The summed E-state index contributed by atoms with van der Waals surface area (Å²) in [5, 5.41) is 9.95. The number of rotatable bonds is 3.